The molecule has 0 saturated heterocycles. The molecular weight excluding hydrogens is 855 g/mol. The summed E-state index contributed by atoms with van der Waals surface area (Å²) in [7, 11) is 4.39. The number of aliphatic hydroxyl groups is 10. The van der Waals surface area contributed by atoms with Crippen LogP contribution in [-0.4, -0.2) is 262 Å². The van der Waals surface area contributed by atoms with Gasteiger partial charge >= 0.3 is 24.0 Å². The number of aliphatic hydroxyl groups excluding tert-OH is 10. The molecule has 0 spiro atoms. The predicted molar refractivity (Wildman–Crippen MR) is 209 cm³/mol. The molecule has 0 saturated carbocycles. The van der Waals surface area contributed by atoms with E-state index in [4.69, 9.17) is 15.2 Å². The fourth-order valence-electron chi connectivity index (χ4n) is 6.42. The van der Waals surface area contributed by atoms with E-state index < -0.39 is 111 Å². The third-order valence-corrected chi connectivity index (χ3v) is 10.2. The summed E-state index contributed by atoms with van der Waals surface area (Å²) >= 11 is 0. The average Bonchev–Trinajstić information content (AvgIpc) is 3.21. The summed E-state index contributed by atoms with van der Waals surface area (Å²) in [6.07, 6.45) is -14.3. The molecule has 1 radical (unpaired) electrons. The molecule has 2 unspecified atom stereocenters. The smallest absolute Gasteiger partial charge is 0.320 e. The van der Waals surface area contributed by atoms with Crippen LogP contribution in [0, 0.1) is 0 Å². The number of hydrogen-bond donors (Lipinski definition) is 14. The van der Waals surface area contributed by atoms with Gasteiger partial charge in [0, 0.05) is 83.5 Å². The van der Waals surface area contributed by atoms with Crippen LogP contribution in [0.4, 0.5) is 9.59 Å². The number of aromatic nitrogens is 1. The first-order chi connectivity index (χ1) is 28.2. The number of carboxylic acid groups (broad SMARTS) is 2. The summed E-state index contributed by atoms with van der Waals surface area (Å²) in [5.74, 6) is -2.31. The van der Waals surface area contributed by atoms with Crippen LogP contribution in [0.2, 0.25) is 0 Å². The summed E-state index contributed by atoms with van der Waals surface area (Å²) < 4.78 is 0. The van der Waals surface area contributed by atoms with E-state index in [0.29, 0.717) is 24.5 Å². The number of carbonyl (C=O) groups excluding carboxylic acids is 2. The quantitative estimate of drug-likeness (QED) is 0.0481. The SMILES string of the molecule is CN1CCN(C(CCNC(=O)N(C)C[C@H](O)[C@@H](O)[C@H](O)[C@H](O)CO)C(=O)O)Cc2cccc(n2)CN(C(CCNC(=O)N(C)C[C@H](O)[C@@H](O)[C@H](O)[C@H](O)CO)C(=O)O)CC1.[Mn]. The van der Waals surface area contributed by atoms with Crippen molar-refractivity contribution in [2.24, 2.45) is 0 Å². The molecule has 0 fully saturated rings. The maximum atomic E-state index is 12.7. The number of nitrogens with zero attached hydrogens (tertiary/aromatic N) is 6. The minimum absolute atomic E-state index is 0. The van der Waals surface area contributed by atoms with Crippen LogP contribution in [0.5, 0.6) is 0 Å². The van der Waals surface area contributed by atoms with Crippen LogP contribution in [0.1, 0.15) is 24.2 Å². The van der Waals surface area contributed by atoms with Crippen molar-refractivity contribution in [3.63, 3.8) is 0 Å². The molecule has 2 heterocycles. The van der Waals surface area contributed by atoms with Crippen molar-refractivity contribution in [3.8, 4) is 0 Å². The Morgan fingerprint density at radius 2 is 0.984 bits per heavy atom. The third-order valence-electron chi connectivity index (χ3n) is 10.2. The van der Waals surface area contributed by atoms with Crippen molar-refractivity contribution < 1.29 is 97.5 Å². The monoisotopic (exact) mass is 919 g/mol. The summed E-state index contributed by atoms with van der Waals surface area (Å²) in [6, 6.07) is 1.53. The van der Waals surface area contributed by atoms with Crippen LogP contribution in [0.15, 0.2) is 18.2 Å². The first-order valence-corrected chi connectivity index (χ1v) is 19.4. The number of likely N-dealkylation sites (N-methyl/N-ethyl adjacent to an activating group) is 3. The number of aliphatic carboxylic acids is 2. The molecule has 25 heteroatoms. The van der Waals surface area contributed by atoms with Crippen LogP contribution < -0.4 is 10.6 Å². The van der Waals surface area contributed by atoms with Crippen molar-refractivity contribution in [3.05, 3.63) is 29.6 Å². The minimum Gasteiger partial charge on any atom is -0.480 e. The fraction of sp³-hybridized carbons (Fsp3) is 0.750. The predicted octanol–water partition coefficient (Wildman–Crippen LogP) is -6.53. The zero-order valence-corrected chi connectivity index (χ0v) is 35.6. The summed E-state index contributed by atoms with van der Waals surface area (Å²) in [5.41, 5.74) is 0.999. The van der Waals surface area contributed by atoms with Gasteiger partial charge in [0.15, 0.2) is 0 Å². The van der Waals surface area contributed by atoms with Gasteiger partial charge < -0.3 is 86.6 Å². The van der Waals surface area contributed by atoms with Gasteiger partial charge in [-0.15, -0.1) is 0 Å². The van der Waals surface area contributed by atoms with Gasteiger partial charge in [-0.3, -0.25) is 24.4 Å². The maximum absolute atomic E-state index is 12.7. The zero-order chi connectivity index (χ0) is 45.3. The van der Waals surface area contributed by atoms with Gasteiger partial charge in [0.2, 0.25) is 0 Å². The Kier molecular flexibility index (Phi) is 25.2. The Labute approximate surface area is 364 Å². The van der Waals surface area contributed by atoms with E-state index in [1.807, 2.05) is 4.90 Å². The topological polar surface area (TPSA) is 364 Å². The molecule has 14 N–H and O–H groups in total. The van der Waals surface area contributed by atoms with E-state index in [1.165, 1.54) is 14.1 Å². The first-order valence-electron chi connectivity index (χ1n) is 19.4. The Balaban J connectivity index is 0.0000186. The maximum Gasteiger partial charge on any atom is 0.320 e. The van der Waals surface area contributed by atoms with Crippen molar-refractivity contribution in [1.29, 1.82) is 0 Å². The van der Waals surface area contributed by atoms with E-state index in [2.05, 4.69) is 10.6 Å². The van der Waals surface area contributed by atoms with Crippen LogP contribution in [0.25, 0.3) is 0 Å². The molecule has 0 aliphatic carbocycles. The van der Waals surface area contributed by atoms with Gasteiger partial charge in [-0.1, -0.05) is 6.07 Å². The summed E-state index contributed by atoms with van der Waals surface area (Å²) in [5, 5.41) is 123. The van der Waals surface area contributed by atoms with Crippen LogP contribution >= 0.6 is 0 Å². The van der Waals surface area contributed by atoms with Crippen molar-refractivity contribution in [2.45, 2.75) is 86.8 Å². The van der Waals surface area contributed by atoms with Crippen molar-refractivity contribution >= 4 is 24.0 Å². The zero-order valence-electron chi connectivity index (χ0n) is 34.5. The Morgan fingerprint density at radius 3 is 1.31 bits per heavy atom. The Bertz CT molecular complexity index is 1390. The van der Waals surface area contributed by atoms with Crippen LogP contribution in [-0.2, 0) is 39.7 Å². The molecule has 2 rings (SSSR count). The molecule has 1 aromatic rings. The molecule has 351 valence electrons. The summed E-state index contributed by atoms with van der Waals surface area (Å²) in [6.45, 7) is -1.46. The van der Waals surface area contributed by atoms with Crippen molar-refractivity contribution in [1.82, 2.24) is 40.1 Å². The van der Waals surface area contributed by atoms with Gasteiger partial charge in [0.1, 0.15) is 60.9 Å². The molecular formula is C36H64MnN8O16. The number of pyridine rings is 1. The van der Waals surface area contributed by atoms with E-state index in [9.17, 15) is 70.2 Å². The van der Waals surface area contributed by atoms with Gasteiger partial charge in [0.05, 0.1) is 37.7 Å². The van der Waals surface area contributed by atoms with E-state index in [-0.39, 0.29) is 69.2 Å². The standard InChI is InChI=1S/C36H64N8O16.Mn/c1-40-11-13-43(23(33(55)56)7-9-37-35(59)41(2)17-25(47)29(51)31(53)27(49)19-45)15-21-5-4-6-22(39-21)16-44(14-12-40)24(34(57)58)8-10-38-36(60)42(3)18-26(48)30(52)32(54)28(50)20-46;/h4-6,23-32,45-54H,7-20H2,1-3H3,(H,37,59)(H,38,60)(H,55,56)(H,57,58);/t23?,24?,25-,26-,27+,28+,29+,30+,31+,32+;/m0./s1. The van der Waals surface area contributed by atoms with Gasteiger partial charge in [-0.25, -0.2) is 9.59 Å². The van der Waals surface area contributed by atoms with Gasteiger partial charge in [0.25, 0.3) is 0 Å². The van der Waals surface area contributed by atoms with E-state index in [0.717, 1.165) is 9.80 Å². The van der Waals surface area contributed by atoms with Gasteiger partial charge in [-0.05, 0) is 32.0 Å². The van der Waals surface area contributed by atoms with E-state index >= 15 is 0 Å². The number of nitrogens with one attached hydrogen (secondary N) is 2. The molecule has 10 atom stereocenters. The third kappa shape index (κ3) is 18.1. The molecule has 0 aromatic carbocycles. The number of rotatable bonds is 22. The average molecular weight is 920 g/mol. The second kappa shape index (κ2) is 27.6. The van der Waals surface area contributed by atoms with E-state index in [1.54, 1.807) is 35.0 Å². The number of urea groups is 2. The number of amides is 4. The molecule has 4 amide bonds. The Hall–Kier alpha value is -3.37. The molecule has 61 heavy (non-hydrogen) atoms. The molecule has 1 aliphatic heterocycles. The number of carbonyl (C=O) groups is 4. The largest absolute Gasteiger partial charge is 0.480 e. The second-order valence-electron chi connectivity index (χ2n) is 15.0. The number of fused-ring (bicyclic) bond motifs is 2. The number of hydrogen-bond acceptors (Lipinski definition) is 18. The summed E-state index contributed by atoms with van der Waals surface area (Å²) in [4.78, 5) is 62.6. The molecule has 1 aliphatic rings. The van der Waals surface area contributed by atoms with Gasteiger partial charge in [-0.2, -0.15) is 0 Å². The Morgan fingerprint density at radius 1 is 0.639 bits per heavy atom. The van der Waals surface area contributed by atoms with Crippen molar-refractivity contribution in [2.75, 3.05) is 86.7 Å². The molecule has 24 nitrogen and oxygen atoms in total. The minimum atomic E-state index is -1.87. The molecule has 1 aromatic heterocycles. The second-order valence-corrected chi connectivity index (χ2v) is 15.0. The van der Waals surface area contributed by atoms with Crippen LogP contribution in [0.3, 0.4) is 0 Å². The number of carboxylic acids is 2. The fourth-order valence-corrected chi connectivity index (χ4v) is 6.42. The normalized spacial score (nSPS) is 19.4. The molecule has 2 bridgehead atoms. The first kappa shape index (κ1) is 55.6.